The Morgan fingerprint density at radius 3 is 2.75 bits per heavy atom. The lowest BCUT2D eigenvalue weighted by atomic mass is 10.1. The van der Waals surface area contributed by atoms with Crippen LogP contribution in [0.15, 0.2) is 42.7 Å². The van der Waals surface area contributed by atoms with Crippen molar-refractivity contribution in [1.82, 2.24) is 9.55 Å². The highest BCUT2D eigenvalue weighted by Crippen LogP contribution is 2.30. The number of nitrogens with zero attached hydrogens (tertiary/aromatic N) is 2. The number of hydrogen-bond donors (Lipinski definition) is 1. The maximum atomic E-state index is 10.8. The van der Waals surface area contributed by atoms with E-state index in [1.807, 2.05) is 36.0 Å². The van der Waals surface area contributed by atoms with Crippen molar-refractivity contribution in [1.29, 1.82) is 0 Å². The normalized spacial score (nSPS) is 10.9. The quantitative estimate of drug-likeness (QED) is 0.783. The van der Waals surface area contributed by atoms with Gasteiger partial charge >= 0.3 is 5.97 Å². The molecule has 0 atom stereocenters. The van der Waals surface area contributed by atoms with Crippen LogP contribution in [0.3, 0.4) is 0 Å². The number of aromatic nitrogens is 2. The van der Waals surface area contributed by atoms with Crippen molar-refractivity contribution in [3.63, 3.8) is 0 Å². The molecule has 0 aliphatic rings. The molecular weight excluding hydrogens is 276 g/mol. The summed E-state index contributed by atoms with van der Waals surface area (Å²) in [6.07, 6.45) is 3.33. The molecule has 0 unspecified atom stereocenters. The van der Waals surface area contributed by atoms with Crippen LogP contribution >= 0.6 is 11.6 Å². The van der Waals surface area contributed by atoms with E-state index in [4.69, 9.17) is 16.7 Å². The molecule has 1 aromatic carbocycles. The molecule has 3 aromatic rings. The largest absolute Gasteiger partial charge is 0.478 e. The molecule has 3 rings (SSSR count). The highest BCUT2D eigenvalue weighted by Gasteiger charge is 2.11. The van der Waals surface area contributed by atoms with Crippen LogP contribution in [0.4, 0.5) is 0 Å². The maximum Gasteiger partial charge on any atom is 0.337 e. The van der Waals surface area contributed by atoms with E-state index >= 15 is 0 Å². The Bertz CT molecular complexity index is 807. The van der Waals surface area contributed by atoms with Gasteiger partial charge < -0.3 is 9.67 Å². The van der Waals surface area contributed by atoms with E-state index in [0.29, 0.717) is 5.02 Å². The third-order valence-corrected chi connectivity index (χ3v) is 3.47. The highest BCUT2D eigenvalue weighted by atomic mass is 35.5. The summed E-state index contributed by atoms with van der Waals surface area (Å²) in [7, 11) is 1.94. The van der Waals surface area contributed by atoms with Crippen LogP contribution in [-0.2, 0) is 7.05 Å². The predicted molar refractivity (Wildman–Crippen MR) is 78.1 cm³/mol. The first-order valence-electron chi connectivity index (χ1n) is 6.00. The van der Waals surface area contributed by atoms with Gasteiger partial charge in [-0.2, -0.15) is 0 Å². The zero-order valence-electron chi connectivity index (χ0n) is 10.7. The van der Waals surface area contributed by atoms with Crippen LogP contribution < -0.4 is 0 Å². The van der Waals surface area contributed by atoms with Crippen LogP contribution in [0.25, 0.3) is 22.2 Å². The number of halogens is 1. The number of carboxylic acid groups (broad SMARTS) is 1. The van der Waals surface area contributed by atoms with Gasteiger partial charge in [-0.1, -0.05) is 17.7 Å². The van der Waals surface area contributed by atoms with Gasteiger partial charge in [-0.15, -0.1) is 0 Å². The van der Waals surface area contributed by atoms with Gasteiger partial charge in [0.1, 0.15) is 0 Å². The van der Waals surface area contributed by atoms with Crippen molar-refractivity contribution >= 4 is 28.5 Å². The predicted octanol–water partition coefficient (Wildman–Crippen LogP) is 3.59. The van der Waals surface area contributed by atoms with Crippen LogP contribution in [-0.4, -0.2) is 20.6 Å². The van der Waals surface area contributed by atoms with Gasteiger partial charge in [0, 0.05) is 40.9 Å². The maximum absolute atomic E-state index is 10.8. The topological polar surface area (TPSA) is 55.1 Å². The Kier molecular flexibility index (Phi) is 2.95. The smallest absolute Gasteiger partial charge is 0.337 e. The summed E-state index contributed by atoms with van der Waals surface area (Å²) < 4.78 is 1.98. The molecule has 1 N–H and O–H groups in total. The molecule has 2 heterocycles. The third kappa shape index (κ3) is 2.04. The zero-order valence-corrected chi connectivity index (χ0v) is 11.4. The van der Waals surface area contributed by atoms with E-state index in [9.17, 15) is 4.79 Å². The van der Waals surface area contributed by atoms with Gasteiger partial charge in [0.2, 0.25) is 0 Å². The molecule has 0 radical (unpaired) electrons. The van der Waals surface area contributed by atoms with Crippen molar-refractivity contribution in [3.8, 4) is 11.3 Å². The second kappa shape index (κ2) is 4.65. The van der Waals surface area contributed by atoms with Crippen LogP contribution in [0, 0.1) is 0 Å². The Balaban J connectivity index is 2.17. The summed E-state index contributed by atoms with van der Waals surface area (Å²) >= 11 is 6.01. The molecule has 0 fully saturated rings. The van der Waals surface area contributed by atoms with E-state index in [-0.39, 0.29) is 5.56 Å². The lowest BCUT2D eigenvalue weighted by molar-refractivity contribution is 0.0696. The molecule has 0 bridgehead atoms. The number of carbonyl (C=O) groups is 1. The molecule has 0 saturated heterocycles. The monoisotopic (exact) mass is 286 g/mol. The Morgan fingerprint density at radius 2 is 2.10 bits per heavy atom. The number of hydrogen-bond acceptors (Lipinski definition) is 2. The van der Waals surface area contributed by atoms with Gasteiger partial charge in [-0.25, -0.2) is 4.79 Å². The minimum Gasteiger partial charge on any atom is -0.478 e. The summed E-state index contributed by atoms with van der Waals surface area (Å²) in [6.45, 7) is 0. The van der Waals surface area contributed by atoms with Crippen molar-refractivity contribution in [2.45, 2.75) is 0 Å². The lowest BCUT2D eigenvalue weighted by Crippen LogP contribution is -1.96. The summed E-state index contributed by atoms with van der Waals surface area (Å²) in [5.74, 6) is -0.978. The van der Waals surface area contributed by atoms with Crippen molar-refractivity contribution in [3.05, 3.63) is 53.3 Å². The fraction of sp³-hybridized carbons (Fsp3) is 0.0667. The van der Waals surface area contributed by atoms with Crippen LogP contribution in [0.2, 0.25) is 5.02 Å². The molecular formula is C15H11ClN2O2. The van der Waals surface area contributed by atoms with E-state index in [1.165, 1.54) is 6.20 Å². The summed E-state index contributed by atoms with van der Waals surface area (Å²) in [6, 6.07) is 8.94. The average molecular weight is 287 g/mol. The zero-order chi connectivity index (χ0) is 14.3. The van der Waals surface area contributed by atoms with Crippen LogP contribution in [0.5, 0.6) is 0 Å². The minimum absolute atomic E-state index is 0.178. The minimum atomic E-state index is -0.978. The second-order valence-electron chi connectivity index (χ2n) is 4.55. The van der Waals surface area contributed by atoms with Gasteiger partial charge in [0.15, 0.2) is 0 Å². The fourth-order valence-corrected chi connectivity index (χ4v) is 2.41. The molecule has 0 spiro atoms. The number of aryl methyl sites for hydroxylation is 1. The number of aromatic carboxylic acids is 1. The number of benzene rings is 1. The highest BCUT2D eigenvalue weighted by molar-refractivity contribution is 6.31. The molecule has 4 nitrogen and oxygen atoms in total. The summed E-state index contributed by atoms with van der Waals surface area (Å²) in [4.78, 5) is 15.1. The Hall–Kier alpha value is -2.33. The Morgan fingerprint density at radius 1 is 1.30 bits per heavy atom. The lowest BCUT2D eigenvalue weighted by Gasteiger charge is -2.00. The summed E-state index contributed by atoms with van der Waals surface area (Å²) in [5, 5.41) is 10.6. The van der Waals surface area contributed by atoms with E-state index < -0.39 is 5.97 Å². The van der Waals surface area contributed by atoms with Crippen molar-refractivity contribution in [2.75, 3.05) is 0 Å². The number of rotatable bonds is 2. The SMILES string of the molecule is Cn1cc(-c2ccc(C(=O)O)cn2)c2ccc(Cl)cc21. The van der Waals surface area contributed by atoms with Crippen LogP contribution in [0.1, 0.15) is 10.4 Å². The van der Waals surface area contributed by atoms with Gasteiger partial charge in [-0.3, -0.25) is 4.98 Å². The molecule has 2 aromatic heterocycles. The van der Waals surface area contributed by atoms with Crippen molar-refractivity contribution < 1.29 is 9.90 Å². The van der Waals surface area contributed by atoms with Gasteiger partial charge in [0.25, 0.3) is 0 Å². The fourth-order valence-electron chi connectivity index (χ4n) is 2.24. The van der Waals surface area contributed by atoms with E-state index in [0.717, 1.165) is 22.2 Å². The third-order valence-electron chi connectivity index (χ3n) is 3.24. The molecule has 0 aliphatic heterocycles. The molecule has 0 aliphatic carbocycles. The molecule has 0 amide bonds. The number of fused-ring (bicyclic) bond motifs is 1. The standard InChI is InChI=1S/C15H11ClN2O2/c1-18-8-12(11-4-3-10(16)6-14(11)18)13-5-2-9(7-17-13)15(19)20/h2-8H,1H3,(H,19,20). The molecule has 20 heavy (non-hydrogen) atoms. The van der Waals surface area contributed by atoms with E-state index in [1.54, 1.807) is 12.1 Å². The van der Waals surface area contributed by atoms with E-state index in [2.05, 4.69) is 4.98 Å². The van der Waals surface area contributed by atoms with Crippen molar-refractivity contribution in [2.24, 2.45) is 7.05 Å². The average Bonchev–Trinajstić information content (AvgIpc) is 2.76. The number of carboxylic acids is 1. The first kappa shape index (κ1) is 12.7. The second-order valence-corrected chi connectivity index (χ2v) is 4.99. The van der Waals surface area contributed by atoms with Gasteiger partial charge in [-0.05, 0) is 24.3 Å². The Labute approximate surface area is 120 Å². The molecule has 100 valence electrons. The summed E-state index contributed by atoms with van der Waals surface area (Å²) in [5.41, 5.74) is 2.88. The first-order chi connectivity index (χ1) is 9.56. The molecule has 0 saturated carbocycles. The first-order valence-corrected chi connectivity index (χ1v) is 6.38. The van der Waals surface area contributed by atoms with Gasteiger partial charge in [0.05, 0.1) is 11.3 Å². The molecule has 5 heteroatoms. The number of pyridine rings is 1.